The fourth-order valence-corrected chi connectivity index (χ4v) is 4.01. The molecule has 1 saturated heterocycles. The van der Waals surface area contributed by atoms with Crippen LogP contribution in [0.2, 0.25) is 0 Å². The number of nitrogens with zero attached hydrogens (tertiary/aromatic N) is 5. The monoisotopic (exact) mass is 447 g/mol. The summed E-state index contributed by atoms with van der Waals surface area (Å²) in [5, 5.41) is 11.8. The number of halogens is 1. The van der Waals surface area contributed by atoms with Gasteiger partial charge < -0.3 is 4.90 Å². The second kappa shape index (κ2) is 8.82. The number of hydrogen-bond acceptors (Lipinski definition) is 4. The standard InChI is InChI=1S/C24H23FN6O2/c1-15-19(8-6-16(11-26)22(15)25)20-13-28-31(24(20)33)21-9-7-17(12-27-21)23(32)30-10-4-5-18(14-30)29(2)3/h6-9,12-13H,4-5,10,14H2,1-3H3/p+1. The lowest BCUT2D eigenvalue weighted by Crippen LogP contribution is -2.42. The van der Waals surface area contributed by atoms with E-state index in [9.17, 15) is 14.0 Å². The van der Waals surface area contributed by atoms with Crippen molar-refractivity contribution in [2.45, 2.75) is 19.8 Å². The molecule has 0 spiro atoms. The van der Waals surface area contributed by atoms with E-state index < -0.39 is 11.4 Å². The maximum atomic E-state index is 14.4. The first-order chi connectivity index (χ1) is 15.8. The average Bonchev–Trinajstić information content (AvgIpc) is 3.21. The van der Waals surface area contributed by atoms with Crippen LogP contribution in [0.15, 0.2) is 41.5 Å². The molecule has 1 amide bonds. The molecule has 1 aliphatic heterocycles. The van der Waals surface area contributed by atoms with Crippen molar-refractivity contribution in [3.8, 4) is 23.0 Å². The number of benzene rings is 1. The quantitative estimate of drug-likeness (QED) is 0.624. The van der Waals surface area contributed by atoms with Crippen LogP contribution < -0.4 is 5.56 Å². The van der Waals surface area contributed by atoms with E-state index in [1.807, 2.05) is 14.1 Å². The molecule has 1 N–H and O–H groups in total. The van der Waals surface area contributed by atoms with Gasteiger partial charge in [0.05, 0.1) is 16.7 Å². The molecule has 0 bridgehead atoms. The van der Waals surface area contributed by atoms with Gasteiger partial charge in [0.2, 0.25) is 0 Å². The van der Waals surface area contributed by atoms with Crippen LogP contribution in [0.4, 0.5) is 4.39 Å². The van der Waals surface area contributed by atoms with E-state index in [4.69, 9.17) is 5.26 Å². The Kier molecular flexibility index (Phi) is 5.92. The number of pyridine rings is 1. The van der Waals surface area contributed by atoms with E-state index in [1.54, 1.807) is 29.2 Å². The Labute approximate surface area is 190 Å². The van der Waals surface area contributed by atoms with Gasteiger partial charge in [-0.2, -0.15) is 5.26 Å². The molecule has 0 radical (unpaired) electrons. The van der Waals surface area contributed by atoms with E-state index >= 15 is 0 Å². The number of nitriles is 1. The molecule has 9 heteroatoms. The molecule has 1 fully saturated rings. The van der Waals surface area contributed by atoms with Crippen LogP contribution in [0, 0.1) is 24.1 Å². The van der Waals surface area contributed by atoms with E-state index in [0.29, 0.717) is 30.0 Å². The van der Waals surface area contributed by atoms with Crippen LogP contribution in [0.3, 0.4) is 0 Å². The van der Waals surface area contributed by atoms with Crippen LogP contribution in [-0.2, 0) is 0 Å². The van der Waals surface area contributed by atoms with E-state index in [2.05, 4.69) is 14.7 Å². The maximum absolute atomic E-state index is 14.4. The average molecular weight is 447 g/mol. The zero-order valence-corrected chi connectivity index (χ0v) is 18.7. The van der Waals surface area contributed by atoms with Crippen LogP contribution in [0.25, 0.3) is 16.9 Å². The van der Waals surface area contributed by atoms with Gasteiger partial charge >= 0.3 is 0 Å². The predicted octanol–water partition coefficient (Wildman–Crippen LogP) is 2.50. The first-order valence-electron chi connectivity index (χ1n) is 10.6. The van der Waals surface area contributed by atoms with Gasteiger partial charge in [0.25, 0.3) is 11.5 Å². The van der Waals surface area contributed by atoms with Crippen molar-refractivity contribution >= 4 is 11.6 Å². The summed E-state index contributed by atoms with van der Waals surface area (Å²) in [5.74, 6) is -0.430. The molecule has 2 aromatic heterocycles. The number of H-pyrrole nitrogens is 1. The molecule has 0 unspecified atom stereocenters. The fraction of sp³-hybridized carbons (Fsp3) is 0.292. The molecule has 3 heterocycles. The number of aromatic amines is 1. The lowest BCUT2D eigenvalue weighted by Gasteiger charge is -2.26. The molecule has 0 saturated carbocycles. The van der Waals surface area contributed by atoms with Gasteiger partial charge in [0.1, 0.15) is 32.5 Å². The number of rotatable bonds is 3. The highest BCUT2D eigenvalue weighted by atomic mass is 19.1. The summed E-state index contributed by atoms with van der Waals surface area (Å²) < 4.78 is 17.6. The summed E-state index contributed by atoms with van der Waals surface area (Å²) in [6, 6.07) is 7.95. The Morgan fingerprint density at radius 2 is 2.03 bits per heavy atom. The topological polar surface area (TPSA) is 97.8 Å². The smallest absolute Gasteiger partial charge is 0.280 e. The van der Waals surface area contributed by atoms with Crippen molar-refractivity contribution in [2.75, 3.05) is 27.2 Å². The Morgan fingerprint density at radius 1 is 1.24 bits per heavy atom. The summed E-state index contributed by atoms with van der Waals surface area (Å²) in [4.78, 5) is 32.0. The molecular weight excluding hydrogens is 423 g/mol. The molecule has 8 nitrogen and oxygen atoms in total. The number of piperidine rings is 1. The molecule has 4 rings (SSSR count). The third-order valence-corrected chi connectivity index (χ3v) is 5.98. The van der Waals surface area contributed by atoms with Gasteiger partial charge in [-0.05, 0) is 42.7 Å². The summed E-state index contributed by atoms with van der Waals surface area (Å²) in [7, 11) is 3.96. The molecule has 1 aliphatic rings. The Morgan fingerprint density at radius 3 is 2.70 bits per heavy atom. The predicted molar refractivity (Wildman–Crippen MR) is 121 cm³/mol. The molecule has 33 heavy (non-hydrogen) atoms. The Balaban J connectivity index is 1.60. The first-order valence-corrected chi connectivity index (χ1v) is 10.6. The first kappa shape index (κ1) is 22.1. The maximum Gasteiger partial charge on any atom is 0.280 e. The highest BCUT2D eigenvalue weighted by Gasteiger charge is 2.25. The van der Waals surface area contributed by atoms with Gasteiger partial charge in [-0.15, -0.1) is 0 Å². The molecule has 0 atom stereocenters. The number of aromatic nitrogens is 3. The zero-order valence-electron chi connectivity index (χ0n) is 18.7. The van der Waals surface area contributed by atoms with Crippen LogP contribution in [0.5, 0.6) is 0 Å². The number of carbonyl (C=O) groups is 1. The van der Waals surface area contributed by atoms with Crippen molar-refractivity contribution in [2.24, 2.45) is 0 Å². The third kappa shape index (κ3) is 4.07. The number of nitrogens with one attached hydrogen (secondary N) is 1. The minimum atomic E-state index is -0.643. The second-order valence-corrected chi connectivity index (χ2v) is 8.24. The van der Waals surface area contributed by atoms with Crippen molar-refractivity contribution in [3.63, 3.8) is 0 Å². The van der Waals surface area contributed by atoms with Crippen molar-refractivity contribution in [3.05, 3.63) is 69.5 Å². The third-order valence-electron chi connectivity index (χ3n) is 5.98. The lowest BCUT2D eigenvalue weighted by molar-refractivity contribution is -0.467. The van der Waals surface area contributed by atoms with Crippen molar-refractivity contribution in [1.82, 2.24) is 19.7 Å². The van der Waals surface area contributed by atoms with E-state index in [0.717, 1.165) is 12.8 Å². The van der Waals surface area contributed by atoms with E-state index in [1.165, 1.54) is 35.8 Å². The number of amides is 1. The fourth-order valence-electron chi connectivity index (χ4n) is 4.01. The molecule has 0 aliphatic carbocycles. The largest absolute Gasteiger partial charge is 0.329 e. The van der Waals surface area contributed by atoms with Gasteiger partial charge in [-0.3, -0.25) is 14.7 Å². The minimum Gasteiger partial charge on any atom is -0.329 e. The van der Waals surface area contributed by atoms with Gasteiger partial charge in [-0.25, -0.2) is 18.6 Å². The molecular formula is C24H24FN6O2+. The number of carbonyl (C=O) groups excluding carboxylic acids is 1. The molecule has 1 aromatic carbocycles. The van der Waals surface area contributed by atoms with Gasteiger partial charge in [0, 0.05) is 25.4 Å². The highest BCUT2D eigenvalue weighted by molar-refractivity contribution is 5.97. The Bertz CT molecular complexity index is 1360. The van der Waals surface area contributed by atoms with Gasteiger partial charge in [0.15, 0.2) is 11.5 Å². The summed E-state index contributed by atoms with van der Waals surface area (Å²) in [6.07, 6.45) is 4.83. The van der Waals surface area contributed by atoms with E-state index in [-0.39, 0.29) is 22.6 Å². The van der Waals surface area contributed by atoms with Crippen molar-refractivity contribution in [1.29, 1.82) is 5.26 Å². The molecule has 3 aromatic rings. The number of hydrogen-bond donors (Lipinski definition) is 1. The summed E-state index contributed by atoms with van der Waals surface area (Å²) >= 11 is 0. The van der Waals surface area contributed by atoms with Crippen LogP contribution in [0.1, 0.15) is 34.3 Å². The van der Waals surface area contributed by atoms with Crippen LogP contribution in [-0.4, -0.2) is 63.0 Å². The second-order valence-electron chi connectivity index (χ2n) is 8.24. The van der Waals surface area contributed by atoms with Crippen LogP contribution >= 0.6 is 0 Å². The lowest BCUT2D eigenvalue weighted by atomic mass is 10.0. The molecule has 168 valence electrons. The summed E-state index contributed by atoms with van der Waals surface area (Å²) in [5.41, 5.74) is 2.06. The van der Waals surface area contributed by atoms with Gasteiger partial charge in [-0.1, -0.05) is 6.07 Å². The highest BCUT2D eigenvalue weighted by Crippen LogP contribution is 2.25. The number of likely N-dealkylation sites (tertiary alicyclic amines) is 1. The zero-order chi connectivity index (χ0) is 23.7. The summed E-state index contributed by atoms with van der Waals surface area (Å²) in [6.45, 7) is 2.81. The van der Waals surface area contributed by atoms with Crippen molar-refractivity contribution < 1.29 is 13.8 Å². The minimum absolute atomic E-state index is 0.0713. The SMILES string of the molecule is Cc1c(-c2c[nH]n(-c3ccc(C(=O)N4CCCC(=[N+](C)C)C4)cn3)c2=O)ccc(C#N)c1F. The normalized spacial score (nSPS) is 13.7. The Hall–Kier alpha value is -4.06.